The minimum atomic E-state index is -1.04. The third-order valence-electron chi connectivity index (χ3n) is 14.9. The predicted octanol–water partition coefficient (Wildman–Crippen LogP) is 6.18. The van der Waals surface area contributed by atoms with E-state index in [4.69, 9.17) is 14.5 Å². The number of pyridine rings is 1. The number of benzene rings is 2. The van der Waals surface area contributed by atoms with Gasteiger partial charge in [0.05, 0.1) is 36.6 Å². The number of likely N-dealkylation sites (tertiary alicyclic amines) is 1. The van der Waals surface area contributed by atoms with E-state index in [0.29, 0.717) is 51.9 Å². The van der Waals surface area contributed by atoms with E-state index in [1.807, 2.05) is 44.1 Å². The monoisotopic (exact) mass is 969 g/mol. The van der Waals surface area contributed by atoms with Crippen LogP contribution in [0.25, 0.3) is 33.3 Å². The molecule has 0 radical (unpaired) electrons. The first-order valence-corrected chi connectivity index (χ1v) is 25.5. The van der Waals surface area contributed by atoms with Gasteiger partial charge in [-0.1, -0.05) is 62.9 Å². The summed E-state index contributed by atoms with van der Waals surface area (Å²) in [6, 6.07) is 16.1. The number of amides is 4. The quantitative estimate of drug-likeness (QED) is 0.139. The summed E-state index contributed by atoms with van der Waals surface area (Å²) in [5.41, 5.74) is 10.6. The minimum Gasteiger partial charge on any atom is -0.464 e. The SMILES string of the molecule is CCn1c(-c2cccnc2[C@H](C)OC)c2c3cc(ccc31)-c1cccc(c1)C[C@H](NC(=O)[C@H](C1CCCC1)N(C)C(=O)[C@H]1CCN(C(=O)C#CCN(C)C)C1)C(=O)N1CCC[C@H](N1)C(=O)OCC(C)(C)C2. The molecule has 1 aliphatic carbocycles. The second-order valence-corrected chi connectivity index (χ2v) is 21.1. The molecule has 4 aliphatic rings. The van der Waals surface area contributed by atoms with Gasteiger partial charge in [-0.05, 0) is 125 Å². The number of nitrogens with one attached hydrogen (secondary N) is 2. The molecular formula is C56H72N8O7. The smallest absolute Gasteiger partial charge is 0.324 e. The van der Waals surface area contributed by atoms with Gasteiger partial charge in [-0.2, -0.15) is 0 Å². The van der Waals surface area contributed by atoms with Gasteiger partial charge in [0.2, 0.25) is 11.8 Å². The van der Waals surface area contributed by atoms with Gasteiger partial charge in [0.25, 0.3) is 11.8 Å². The number of nitrogens with zero attached hydrogens (tertiary/aromatic N) is 6. The highest BCUT2D eigenvalue weighted by atomic mass is 16.5. The molecule has 2 aromatic carbocycles. The minimum absolute atomic E-state index is 0.106. The molecule has 5 heterocycles. The Bertz CT molecular complexity index is 2700. The fraction of sp³-hybridized carbons (Fsp3) is 0.536. The highest BCUT2D eigenvalue weighted by Gasteiger charge is 2.42. The van der Waals surface area contributed by atoms with E-state index >= 15 is 0 Å². The van der Waals surface area contributed by atoms with Crippen molar-refractivity contribution in [2.45, 2.75) is 116 Å². The van der Waals surface area contributed by atoms with Crippen molar-refractivity contribution in [2.75, 3.05) is 61.0 Å². The molecular weight excluding hydrogens is 897 g/mol. The number of ether oxygens (including phenoxy) is 2. The lowest BCUT2D eigenvalue weighted by atomic mass is 9.84. The van der Waals surface area contributed by atoms with E-state index < -0.39 is 41.3 Å². The van der Waals surface area contributed by atoms with E-state index in [2.05, 4.69) is 84.3 Å². The second-order valence-electron chi connectivity index (χ2n) is 21.1. The third kappa shape index (κ3) is 11.4. The van der Waals surface area contributed by atoms with Crippen LogP contribution in [0.15, 0.2) is 60.8 Å². The van der Waals surface area contributed by atoms with Crippen molar-refractivity contribution in [3.63, 3.8) is 0 Å². The average molecular weight is 969 g/mol. The molecule has 8 rings (SSSR count). The molecule has 378 valence electrons. The molecule has 3 fully saturated rings. The first kappa shape index (κ1) is 51.3. The Hall–Kier alpha value is -6.08. The van der Waals surface area contributed by atoms with Crippen LogP contribution in [0, 0.1) is 29.1 Å². The Balaban J connectivity index is 1.15. The maximum Gasteiger partial charge on any atom is 0.324 e. The lowest BCUT2D eigenvalue weighted by Crippen LogP contribution is -2.62. The molecule has 4 amide bonds. The van der Waals surface area contributed by atoms with Crippen molar-refractivity contribution in [3.05, 3.63) is 77.6 Å². The van der Waals surface area contributed by atoms with Gasteiger partial charge in [-0.25, -0.2) is 5.43 Å². The maximum absolute atomic E-state index is 15.0. The Morgan fingerprint density at radius 2 is 1.76 bits per heavy atom. The van der Waals surface area contributed by atoms with E-state index in [-0.39, 0.29) is 49.3 Å². The summed E-state index contributed by atoms with van der Waals surface area (Å²) in [7, 11) is 7.14. The summed E-state index contributed by atoms with van der Waals surface area (Å²) >= 11 is 0. The zero-order valence-corrected chi connectivity index (χ0v) is 42.9. The van der Waals surface area contributed by atoms with Crippen LogP contribution in [0.5, 0.6) is 0 Å². The molecule has 4 aromatic rings. The van der Waals surface area contributed by atoms with Crippen molar-refractivity contribution < 1.29 is 33.4 Å². The topological polar surface area (TPSA) is 159 Å². The maximum atomic E-state index is 15.0. The predicted molar refractivity (Wildman–Crippen MR) is 273 cm³/mol. The van der Waals surface area contributed by atoms with Gasteiger partial charge < -0.3 is 29.2 Å². The highest BCUT2D eigenvalue weighted by Crippen LogP contribution is 2.42. The molecule has 5 atom stereocenters. The summed E-state index contributed by atoms with van der Waals surface area (Å²) in [5, 5.41) is 5.72. The Morgan fingerprint density at radius 1 is 0.986 bits per heavy atom. The zero-order valence-electron chi connectivity index (χ0n) is 42.9. The van der Waals surface area contributed by atoms with Crippen molar-refractivity contribution >= 4 is 40.5 Å². The molecule has 6 bridgehead atoms. The molecule has 0 spiro atoms. The molecule has 15 heteroatoms. The molecule has 3 aliphatic heterocycles. The first-order valence-electron chi connectivity index (χ1n) is 25.5. The van der Waals surface area contributed by atoms with Crippen LogP contribution in [0.4, 0.5) is 0 Å². The number of aromatic nitrogens is 2. The zero-order chi connectivity index (χ0) is 50.6. The summed E-state index contributed by atoms with van der Waals surface area (Å²) in [6.45, 7) is 10.6. The Morgan fingerprint density at radius 3 is 2.51 bits per heavy atom. The lowest BCUT2D eigenvalue weighted by molar-refractivity contribution is -0.155. The van der Waals surface area contributed by atoms with Gasteiger partial charge in [0.1, 0.15) is 18.1 Å². The van der Waals surface area contributed by atoms with Gasteiger partial charge >= 0.3 is 5.97 Å². The highest BCUT2D eigenvalue weighted by molar-refractivity contribution is 5.97. The normalized spacial score (nSPS) is 21.6. The molecule has 2 N–H and O–H groups in total. The number of hydrogen-bond acceptors (Lipinski definition) is 10. The number of rotatable bonds is 10. The Labute approximate surface area is 418 Å². The fourth-order valence-corrected chi connectivity index (χ4v) is 11.1. The third-order valence-corrected chi connectivity index (χ3v) is 14.9. The van der Waals surface area contributed by atoms with Crippen LogP contribution < -0.4 is 10.7 Å². The van der Waals surface area contributed by atoms with Gasteiger partial charge in [-0.3, -0.25) is 38.9 Å². The van der Waals surface area contributed by atoms with Crippen LogP contribution in [-0.2, 0) is 52.8 Å². The van der Waals surface area contributed by atoms with E-state index in [1.54, 1.807) is 30.2 Å². The molecule has 2 saturated heterocycles. The standard InChI is InChI=1S/C56H72N8O7/c1-9-63-47-24-23-40-32-43(47)44(51(63)42-20-13-26-57-49(42)36(2)70-8)33-56(3,4)35-71-55(69)45-21-14-28-64(59-45)54(68)46(31-37-16-12-19-39(40)30-37)58-52(66)50(38-17-10-11-18-38)61(7)53(67)41-25-29-62(34-41)48(65)22-15-27-60(5)6/h12-13,16,19-20,23-24,26,30,32,36,38,41,45-46,50,59H,9-11,14,17-18,21,25,27-29,31,33-35H2,1-8H3,(H,58,66)/t36-,41-,45-,46-,50-/m0/s1. The van der Waals surface area contributed by atoms with Crippen molar-refractivity contribution in [3.8, 4) is 34.2 Å². The summed E-state index contributed by atoms with van der Waals surface area (Å²) in [5.74, 6) is 3.28. The van der Waals surface area contributed by atoms with E-state index in [0.717, 1.165) is 75.8 Å². The van der Waals surface area contributed by atoms with Crippen LogP contribution >= 0.6 is 0 Å². The molecule has 15 nitrogen and oxygen atoms in total. The summed E-state index contributed by atoms with van der Waals surface area (Å²) in [6.07, 6.45) is 7.21. The van der Waals surface area contributed by atoms with Crippen molar-refractivity contribution in [1.29, 1.82) is 0 Å². The lowest BCUT2D eigenvalue weighted by Gasteiger charge is -2.37. The number of likely N-dealkylation sites (N-methyl/N-ethyl adjacent to an activating group) is 1. The number of aryl methyl sites for hydroxylation is 1. The van der Waals surface area contributed by atoms with Gasteiger partial charge in [0.15, 0.2) is 0 Å². The van der Waals surface area contributed by atoms with Gasteiger partial charge in [-0.15, -0.1) is 0 Å². The van der Waals surface area contributed by atoms with Crippen molar-refractivity contribution in [2.24, 2.45) is 17.3 Å². The Kier molecular flexibility index (Phi) is 16.0. The fourth-order valence-electron chi connectivity index (χ4n) is 11.1. The molecule has 0 unspecified atom stereocenters. The van der Waals surface area contributed by atoms with E-state index in [9.17, 15) is 24.0 Å². The molecule has 2 aromatic heterocycles. The van der Waals surface area contributed by atoms with E-state index in [1.165, 1.54) is 5.01 Å². The average Bonchev–Trinajstić information content (AvgIpc) is 4.15. The molecule has 1 saturated carbocycles. The van der Waals surface area contributed by atoms with Crippen LogP contribution in [0.1, 0.15) is 95.6 Å². The van der Waals surface area contributed by atoms with Crippen LogP contribution in [-0.4, -0.2) is 138 Å². The second kappa shape index (κ2) is 22.1. The number of hydrazine groups is 1. The largest absolute Gasteiger partial charge is 0.464 e. The number of carbonyl (C=O) groups excluding carboxylic acids is 5. The number of cyclic esters (lactones) is 1. The summed E-state index contributed by atoms with van der Waals surface area (Å²) < 4.78 is 14.3. The van der Waals surface area contributed by atoms with Gasteiger partial charge in [0, 0.05) is 74.8 Å². The number of fused-ring (bicyclic) bond motifs is 6. The number of methoxy groups -OCH3 is 1. The first-order chi connectivity index (χ1) is 34.1. The number of hydrogen-bond donors (Lipinski definition) is 2. The van der Waals surface area contributed by atoms with Crippen LogP contribution in [0.3, 0.4) is 0 Å². The van der Waals surface area contributed by atoms with Crippen LogP contribution in [0.2, 0.25) is 0 Å². The van der Waals surface area contributed by atoms with Crippen molar-refractivity contribution in [1.82, 2.24) is 40.0 Å². The summed E-state index contributed by atoms with van der Waals surface area (Å²) in [4.78, 5) is 81.1. The molecule has 71 heavy (non-hydrogen) atoms. The number of esters is 1. The number of carbonyl (C=O) groups is 5.